The van der Waals surface area contributed by atoms with E-state index in [1.807, 2.05) is 0 Å². The summed E-state index contributed by atoms with van der Waals surface area (Å²) in [6.45, 7) is 5.33. The Balaban J connectivity index is 2.07. The number of carbonyl (C=O) groups is 1. The molecule has 4 nitrogen and oxygen atoms in total. The molecule has 0 radical (unpaired) electrons. The molecule has 1 aliphatic rings. The van der Waals surface area contributed by atoms with E-state index in [4.69, 9.17) is 4.74 Å². The highest BCUT2D eigenvalue weighted by molar-refractivity contribution is 7.99. The quantitative estimate of drug-likeness (QED) is 0.144. The topological polar surface area (TPSA) is 32.8 Å². The van der Waals surface area contributed by atoms with Crippen LogP contribution < -0.4 is 9.64 Å². The highest BCUT2D eigenvalue weighted by atomic mass is 32.2. The molecule has 0 spiro atoms. The molecular weight excluding hydrogens is 412 g/mol. The summed E-state index contributed by atoms with van der Waals surface area (Å²) in [5, 5.41) is 0. The van der Waals surface area contributed by atoms with Gasteiger partial charge in [-0.1, -0.05) is 44.9 Å². The first kappa shape index (κ1) is 22.8. The van der Waals surface area contributed by atoms with E-state index in [9.17, 15) is 4.79 Å². The van der Waals surface area contributed by atoms with Crippen molar-refractivity contribution in [3.05, 3.63) is 54.8 Å². The minimum atomic E-state index is 0.448. The SMILES string of the molecule is CCCCC1CN(c2ccccc2)c2cc(SCC)c(O/C=C/C=O)cc2SN1C. The average Bonchev–Trinajstić information content (AvgIpc) is 2.89. The van der Waals surface area contributed by atoms with Crippen LogP contribution >= 0.6 is 23.7 Å². The predicted octanol–water partition coefficient (Wildman–Crippen LogP) is 6.54. The first-order valence-corrected chi connectivity index (χ1v) is 12.2. The van der Waals surface area contributed by atoms with E-state index < -0.39 is 0 Å². The van der Waals surface area contributed by atoms with Crippen LogP contribution in [0.2, 0.25) is 0 Å². The standard InChI is InChI=1S/C24H30N2O2S2/c1-4-6-11-20-18-26(19-12-8-7-9-13-19)21-16-24(29-5-2)22(28-15-10-14-27)17-23(21)30-25(20)3/h7-10,12-17,20H,4-6,11,18H2,1-3H3/b15-10+. The van der Waals surface area contributed by atoms with Gasteiger partial charge in [0.05, 0.1) is 21.7 Å². The lowest BCUT2D eigenvalue weighted by Crippen LogP contribution is -2.35. The number of benzene rings is 2. The molecule has 30 heavy (non-hydrogen) atoms. The molecule has 1 aliphatic heterocycles. The molecule has 6 heteroatoms. The molecular formula is C24H30N2O2S2. The maximum atomic E-state index is 10.7. The molecule has 2 aromatic rings. The summed E-state index contributed by atoms with van der Waals surface area (Å²) in [5.74, 6) is 1.74. The molecule has 0 aliphatic carbocycles. The number of para-hydroxylation sites is 1. The van der Waals surface area contributed by atoms with Crippen LogP contribution in [0.1, 0.15) is 33.1 Å². The number of rotatable bonds is 9. The van der Waals surface area contributed by atoms with Crippen LogP contribution in [0.3, 0.4) is 0 Å². The highest BCUT2D eigenvalue weighted by Crippen LogP contribution is 2.46. The number of likely N-dealkylation sites (N-methyl/N-ethyl adjacent to an activating group) is 1. The summed E-state index contributed by atoms with van der Waals surface area (Å²) < 4.78 is 8.21. The van der Waals surface area contributed by atoms with Gasteiger partial charge in [-0.3, -0.25) is 4.79 Å². The number of hydrogen-bond acceptors (Lipinski definition) is 6. The molecule has 0 fully saturated rings. The van der Waals surface area contributed by atoms with Gasteiger partial charge in [0.25, 0.3) is 0 Å². The number of ether oxygens (including phenoxy) is 1. The van der Waals surface area contributed by atoms with Gasteiger partial charge in [-0.05, 0) is 55.4 Å². The van der Waals surface area contributed by atoms with Gasteiger partial charge in [-0.2, -0.15) is 0 Å². The van der Waals surface area contributed by atoms with Crippen molar-refractivity contribution in [2.75, 3.05) is 24.2 Å². The van der Waals surface area contributed by atoms with Crippen molar-refractivity contribution in [2.45, 2.75) is 48.9 Å². The number of allylic oxidation sites excluding steroid dienone is 1. The van der Waals surface area contributed by atoms with Crippen LogP contribution in [0.15, 0.2) is 64.6 Å². The van der Waals surface area contributed by atoms with E-state index in [1.165, 1.54) is 43.0 Å². The maximum Gasteiger partial charge on any atom is 0.145 e. The zero-order valence-electron chi connectivity index (χ0n) is 17.9. The van der Waals surface area contributed by atoms with Crippen LogP contribution in [0.4, 0.5) is 11.4 Å². The lowest BCUT2D eigenvalue weighted by molar-refractivity contribution is -0.104. The number of anilines is 2. The number of carbonyl (C=O) groups excluding carboxylic acids is 1. The van der Waals surface area contributed by atoms with Gasteiger partial charge in [0, 0.05) is 24.4 Å². The molecule has 0 aromatic heterocycles. The van der Waals surface area contributed by atoms with Crippen molar-refractivity contribution < 1.29 is 9.53 Å². The molecule has 3 rings (SSSR count). The number of thioether (sulfide) groups is 1. The summed E-state index contributed by atoms with van der Waals surface area (Å²) in [7, 11) is 2.19. The van der Waals surface area contributed by atoms with Crippen LogP contribution in [0.5, 0.6) is 5.75 Å². The summed E-state index contributed by atoms with van der Waals surface area (Å²) in [6, 6.07) is 15.4. The van der Waals surface area contributed by atoms with Gasteiger partial charge in [-0.25, -0.2) is 4.31 Å². The predicted molar refractivity (Wildman–Crippen MR) is 129 cm³/mol. The Morgan fingerprint density at radius 3 is 2.73 bits per heavy atom. The molecule has 0 bridgehead atoms. The summed E-state index contributed by atoms with van der Waals surface area (Å²) in [5.41, 5.74) is 2.41. The van der Waals surface area contributed by atoms with Crippen molar-refractivity contribution in [3.8, 4) is 5.75 Å². The van der Waals surface area contributed by atoms with E-state index in [0.717, 1.165) is 34.1 Å². The molecule has 160 valence electrons. The van der Waals surface area contributed by atoms with E-state index in [1.54, 1.807) is 23.7 Å². The Kier molecular flexibility index (Phi) is 8.73. The minimum Gasteiger partial charge on any atom is -0.464 e. The van der Waals surface area contributed by atoms with Gasteiger partial charge in [-0.15, -0.1) is 11.8 Å². The Hall–Kier alpha value is -1.89. The van der Waals surface area contributed by atoms with Crippen molar-refractivity contribution in [1.29, 1.82) is 0 Å². The Labute approximate surface area is 188 Å². The van der Waals surface area contributed by atoms with Gasteiger partial charge in [0.1, 0.15) is 12.0 Å². The summed E-state index contributed by atoms with van der Waals surface area (Å²) in [6.07, 6.45) is 7.15. The lowest BCUT2D eigenvalue weighted by atomic mass is 10.1. The van der Waals surface area contributed by atoms with Gasteiger partial charge < -0.3 is 9.64 Å². The first-order valence-electron chi connectivity index (χ1n) is 10.5. The fraction of sp³-hybridized carbons (Fsp3) is 0.375. The van der Waals surface area contributed by atoms with Crippen LogP contribution in [0.25, 0.3) is 0 Å². The van der Waals surface area contributed by atoms with Crippen molar-refractivity contribution in [1.82, 2.24) is 4.31 Å². The Morgan fingerprint density at radius 2 is 2.03 bits per heavy atom. The molecule has 0 saturated heterocycles. The van der Waals surface area contributed by atoms with Crippen molar-refractivity contribution >= 4 is 41.4 Å². The second-order valence-electron chi connectivity index (χ2n) is 7.16. The third kappa shape index (κ3) is 5.62. The van der Waals surface area contributed by atoms with E-state index in [0.29, 0.717) is 6.04 Å². The summed E-state index contributed by atoms with van der Waals surface area (Å²) >= 11 is 3.53. The Bertz CT molecular complexity index is 858. The lowest BCUT2D eigenvalue weighted by Gasteiger charge is -2.30. The first-order chi connectivity index (χ1) is 14.7. The van der Waals surface area contributed by atoms with E-state index in [2.05, 4.69) is 72.6 Å². The molecule has 1 atom stereocenters. The number of fused-ring (bicyclic) bond motifs is 1. The highest BCUT2D eigenvalue weighted by Gasteiger charge is 2.28. The second-order valence-corrected chi connectivity index (χ2v) is 9.67. The maximum absolute atomic E-state index is 10.7. The second kappa shape index (κ2) is 11.5. The monoisotopic (exact) mass is 442 g/mol. The average molecular weight is 443 g/mol. The number of aldehydes is 1. The Morgan fingerprint density at radius 1 is 1.23 bits per heavy atom. The number of unbranched alkanes of at least 4 members (excludes halogenated alkanes) is 1. The molecule has 0 N–H and O–H groups in total. The third-order valence-corrected chi connectivity index (χ3v) is 7.11. The zero-order chi connectivity index (χ0) is 21.3. The number of nitrogens with zero attached hydrogens (tertiary/aromatic N) is 2. The fourth-order valence-electron chi connectivity index (χ4n) is 3.54. The van der Waals surface area contributed by atoms with Gasteiger partial charge >= 0.3 is 0 Å². The normalized spacial score (nSPS) is 17.0. The van der Waals surface area contributed by atoms with Crippen molar-refractivity contribution in [3.63, 3.8) is 0 Å². The van der Waals surface area contributed by atoms with Crippen molar-refractivity contribution in [2.24, 2.45) is 0 Å². The van der Waals surface area contributed by atoms with Crippen LogP contribution in [-0.2, 0) is 4.79 Å². The largest absolute Gasteiger partial charge is 0.464 e. The third-order valence-electron chi connectivity index (χ3n) is 5.08. The molecule has 1 heterocycles. The molecule has 0 amide bonds. The summed E-state index contributed by atoms with van der Waals surface area (Å²) in [4.78, 5) is 15.3. The number of hydrogen-bond donors (Lipinski definition) is 0. The smallest absolute Gasteiger partial charge is 0.145 e. The minimum absolute atomic E-state index is 0.448. The molecule has 1 unspecified atom stereocenters. The van der Waals surface area contributed by atoms with Crippen LogP contribution in [0, 0.1) is 0 Å². The molecule has 0 saturated carbocycles. The fourth-order valence-corrected chi connectivity index (χ4v) is 5.35. The van der Waals surface area contributed by atoms with Gasteiger partial charge in [0.2, 0.25) is 0 Å². The van der Waals surface area contributed by atoms with Gasteiger partial charge in [0.15, 0.2) is 0 Å². The van der Waals surface area contributed by atoms with E-state index in [-0.39, 0.29) is 0 Å². The molecule has 2 aromatic carbocycles. The van der Waals surface area contributed by atoms with Crippen LogP contribution in [-0.4, -0.2) is 36.0 Å². The van der Waals surface area contributed by atoms with E-state index >= 15 is 0 Å². The zero-order valence-corrected chi connectivity index (χ0v) is 19.5.